The van der Waals surface area contributed by atoms with Crippen LogP contribution < -0.4 is 10.5 Å². The first kappa shape index (κ1) is 10.6. The number of ether oxygens (including phenoxy) is 1. The normalized spacial score (nSPS) is 12.1. The molecule has 0 fully saturated rings. The van der Waals surface area contributed by atoms with Crippen LogP contribution in [0.3, 0.4) is 0 Å². The first-order valence-corrected chi connectivity index (χ1v) is 4.70. The van der Waals surface area contributed by atoms with E-state index >= 15 is 0 Å². The van der Waals surface area contributed by atoms with Gasteiger partial charge in [-0.2, -0.15) is 0 Å². The maximum atomic E-state index is 7.31. The first-order valence-electron chi connectivity index (χ1n) is 4.70. The van der Waals surface area contributed by atoms with Crippen LogP contribution in [0.25, 0.3) is 0 Å². The zero-order valence-electron chi connectivity index (χ0n) is 8.58. The molecule has 0 bridgehead atoms. The second kappa shape index (κ2) is 4.65. The fourth-order valence-corrected chi connectivity index (χ4v) is 1.22. The van der Waals surface area contributed by atoms with Crippen molar-refractivity contribution >= 4 is 5.84 Å². The smallest absolute Gasteiger partial charge is 0.155 e. The van der Waals surface area contributed by atoms with E-state index in [1.165, 1.54) is 0 Å². The lowest BCUT2D eigenvalue weighted by molar-refractivity contribution is 0.260. The number of benzene rings is 1. The molecule has 0 heterocycles. The standard InChI is InChI=1S/C11H16N2O/c1-3-10(11(12)13)14-9-6-4-5-8(2)7-9/h4-7,10H,3H2,1-2H3,(H3,12,13). The fraction of sp³-hybridized carbons (Fsp3) is 0.364. The van der Waals surface area contributed by atoms with Crippen molar-refractivity contribution in [2.75, 3.05) is 0 Å². The molecule has 1 rings (SSSR count). The minimum absolute atomic E-state index is 0.0778. The van der Waals surface area contributed by atoms with E-state index in [0.29, 0.717) is 6.42 Å². The van der Waals surface area contributed by atoms with Crippen LogP contribution in [0.4, 0.5) is 0 Å². The van der Waals surface area contributed by atoms with Crippen LogP contribution in [0.1, 0.15) is 18.9 Å². The Morgan fingerprint density at radius 2 is 2.29 bits per heavy atom. The summed E-state index contributed by atoms with van der Waals surface area (Å²) in [6, 6.07) is 7.74. The van der Waals surface area contributed by atoms with Crippen molar-refractivity contribution in [3.05, 3.63) is 29.8 Å². The molecule has 3 N–H and O–H groups in total. The molecule has 0 aromatic heterocycles. The van der Waals surface area contributed by atoms with E-state index in [1.807, 2.05) is 38.1 Å². The Morgan fingerprint density at radius 1 is 1.57 bits per heavy atom. The highest BCUT2D eigenvalue weighted by atomic mass is 16.5. The zero-order valence-corrected chi connectivity index (χ0v) is 8.58. The monoisotopic (exact) mass is 192 g/mol. The van der Waals surface area contributed by atoms with Crippen molar-refractivity contribution < 1.29 is 4.74 Å². The van der Waals surface area contributed by atoms with E-state index in [2.05, 4.69) is 0 Å². The minimum Gasteiger partial charge on any atom is -0.483 e. The van der Waals surface area contributed by atoms with E-state index in [1.54, 1.807) is 0 Å². The van der Waals surface area contributed by atoms with E-state index in [9.17, 15) is 0 Å². The van der Waals surface area contributed by atoms with Crippen LogP contribution in [0, 0.1) is 12.3 Å². The molecule has 0 amide bonds. The molecule has 1 aromatic carbocycles. The van der Waals surface area contributed by atoms with Crippen LogP contribution in [0.2, 0.25) is 0 Å². The van der Waals surface area contributed by atoms with E-state index in [0.717, 1.165) is 11.3 Å². The highest BCUT2D eigenvalue weighted by Gasteiger charge is 2.10. The molecule has 0 saturated carbocycles. The summed E-state index contributed by atoms with van der Waals surface area (Å²) in [5.41, 5.74) is 6.53. The summed E-state index contributed by atoms with van der Waals surface area (Å²) in [5, 5.41) is 7.31. The van der Waals surface area contributed by atoms with Crippen molar-refractivity contribution in [3.63, 3.8) is 0 Å². The molecule has 0 saturated heterocycles. The highest BCUT2D eigenvalue weighted by Crippen LogP contribution is 2.15. The second-order valence-corrected chi connectivity index (χ2v) is 3.29. The number of nitrogens with two attached hydrogens (primary N) is 1. The quantitative estimate of drug-likeness (QED) is 0.567. The lowest BCUT2D eigenvalue weighted by atomic mass is 10.2. The SMILES string of the molecule is CCC(Oc1cccc(C)c1)C(=N)N. The van der Waals surface area contributed by atoms with Gasteiger partial charge in [-0.1, -0.05) is 19.1 Å². The van der Waals surface area contributed by atoms with Gasteiger partial charge in [-0.15, -0.1) is 0 Å². The van der Waals surface area contributed by atoms with Gasteiger partial charge in [-0.3, -0.25) is 5.41 Å². The van der Waals surface area contributed by atoms with Gasteiger partial charge >= 0.3 is 0 Å². The van der Waals surface area contributed by atoms with Crippen molar-refractivity contribution in [1.29, 1.82) is 5.41 Å². The number of nitrogens with one attached hydrogen (secondary N) is 1. The average Bonchev–Trinajstić information content (AvgIpc) is 2.14. The summed E-state index contributed by atoms with van der Waals surface area (Å²) < 4.78 is 5.56. The van der Waals surface area contributed by atoms with E-state index in [-0.39, 0.29) is 11.9 Å². The second-order valence-electron chi connectivity index (χ2n) is 3.29. The molecule has 1 atom stereocenters. The summed E-state index contributed by atoms with van der Waals surface area (Å²) in [4.78, 5) is 0. The van der Waals surface area contributed by atoms with E-state index in [4.69, 9.17) is 15.9 Å². The average molecular weight is 192 g/mol. The topological polar surface area (TPSA) is 59.1 Å². The minimum atomic E-state index is -0.309. The Labute approximate surface area is 84.4 Å². The predicted octanol–water partition coefficient (Wildman–Crippen LogP) is 2.09. The number of amidine groups is 1. The number of aryl methyl sites for hydroxylation is 1. The molecule has 0 aliphatic rings. The van der Waals surface area contributed by atoms with Gasteiger partial charge in [-0.25, -0.2) is 0 Å². The van der Waals surface area contributed by atoms with Crippen molar-refractivity contribution in [2.45, 2.75) is 26.4 Å². The van der Waals surface area contributed by atoms with Gasteiger partial charge in [0.2, 0.25) is 0 Å². The maximum Gasteiger partial charge on any atom is 0.155 e. The Bertz CT molecular complexity index is 323. The summed E-state index contributed by atoms with van der Waals surface area (Å²) >= 11 is 0. The Morgan fingerprint density at radius 3 is 2.79 bits per heavy atom. The van der Waals surface area contributed by atoms with Gasteiger partial charge in [0.05, 0.1) is 0 Å². The van der Waals surface area contributed by atoms with Crippen molar-refractivity contribution in [2.24, 2.45) is 5.73 Å². The van der Waals surface area contributed by atoms with Crippen LogP contribution in [0.15, 0.2) is 24.3 Å². The highest BCUT2D eigenvalue weighted by molar-refractivity contribution is 5.81. The summed E-state index contributed by atoms with van der Waals surface area (Å²) in [7, 11) is 0. The molecule has 0 spiro atoms. The Kier molecular flexibility index (Phi) is 3.51. The van der Waals surface area contributed by atoms with Crippen LogP contribution in [-0.2, 0) is 0 Å². The lowest BCUT2D eigenvalue weighted by Gasteiger charge is -2.16. The van der Waals surface area contributed by atoms with Crippen molar-refractivity contribution in [1.82, 2.24) is 0 Å². The largest absolute Gasteiger partial charge is 0.483 e. The third-order valence-corrected chi connectivity index (χ3v) is 1.99. The molecule has 0 aliphatic heterocycles. The maximum absolute atomic E-state index is 7.31. The van der Waals surface area contributed by atoms with Crippen LogP contribution >= 0.6 is 0 Å². The zero-order chi connectivity index (χ0) is 10.6. The molecular formula is C11H16N2O. The third-order valence-electron chi connectivity index (χ3n) is 1.99. The van der Waals surface area contributed by atoms with E-state index < -0.39 is 0 Å². The molecule has 3 heteroatoms. The predicted molar refractivity (Wildman–Crippen MR) is 57.8 cm³/mol. The summed E-state index contributed by atoms with van der Waals surface area (Å²) in [6.07, 6.45) is 0.403. The van der Waals surface area contributed by atoms with Gasteiger partial charge in [-0.05, 0) is 31.0 Å². The number of rotatable bonds is 4. The van der Waals surface area contributed by atoms with Gasteiger partial charge in [0.1, 0.15) is 11.6 Å². The van der Waals surface area contributed by atoms with Crippen LogP contribution in [-0.4, -0.2) is 11.9 Å². The molecule has 1 aromatic rings. The van der Waals surface area contributed by atoms with Crippen molar-refractivity contribution in [3.8, 4) is 5.75 Å². The van der Waals surface area contributed by atoms with Crippen LogP contribution in [0.5, 0.6) is 5.75 Å². The molecule has 0 radical (unpaired) electrons. The summed E-state index contributed by atoms with van der Waals surface area (Å²) in [5.74, 6) is 0.848. The molecular weight excluding hydrogens is 176 g/mol. The third kappa shape index (κ3) is 2.76. The number of hydrogen-bond donors (Lipinski definition) is 2. The Balaban J connectivity index is 2.72. The fourth-order valence-electron chi connectivity index (χ4n) is 1.22. The molecule has 76 valence electrons. The summed E-state index contributed by atoms with van der Waals surface area (Å²) in [6.45, 7) is 3.95. The van der Waals surface area contributed by atoms with Gasteiger partial charge in [0.25, 0.3) is 0 Å². The number of hydrogen-bond acceptors (Lipinski definition) is 2. The van der Waals surface area contributed by atoms with Gasteiger partial charge in [0, 0.05) is 0 Å². The molecule has 1 unspecified atom stereocenters. The van der Waals surface area contributed by atoms with Gasteiger partial charge < -0.3 is 10.5 Å². The first-order chi connectivity index (χ1) is 6.63. The molecule has 14 heavy (non-hydrogen) atoms. The molecule has 3 nitrogen and oxygen atoms in total. The lowest BCUT2D eigenvalue weighted by Crippen LogP contribution is -2.32. The molecule has 0 aliphatic carbocycles. The Hall–Kier alpha value is -1.51. The van der Waals surface area contributed by atoms with Gasteiger partial charge in [0.15, 0.2) is 6.10 Å².